The number of rotatable bonds is 15. The summed E-state index contributed by atoms with van der Waals surface area (Å²) in [6, 6.07) is 26.7. The number of unbranched alkanes of at least 4 members (excludes halogenated alkanes) is 5. The molecule has 0 fully saturated rings. The van der Waals surface area contributed by atoms with Crippen molar-refractivity contribution in [1.82, 2.24) is 9.88 Å². The maximum Gasteiger partial charge on any atom is 0.341 e. The number of halogens is 2. The van der Waals surface area contributed by atoms with Crippen molar-refractivity contribution in [3.63, 3.8) is 0 Å². The maximum absolute atomic E-state index is 13.4. The number of carboxylic acids is 1. The van der Waals surface area contributed by atoms with Crippen molar-refractivity contribution in [2.45, 2.75) is 58.9 Å². The van der Waals surface area contributed by atoms with Crippen LogP contribution in [0, 0.1) is 13.8 Å². The molecule has 5 aromatic rings. The third-order valence-corrected chi connectivity index (χ3v) is 8.79. The molecule has 47 heavy (non-hydrogen) atoms. The molecule has 0 saturated carbocycles. The predicted octanol–water partition coefficient (Wildman–Crippen LogP) is 10.1. The van der Waals surface area contributed by atoms with E-state index in [0.29, 0.717) is 50.2 Å². The van der Waals surface area contributed by atoms with E-state index in [2.05, 4.69) is 48.0 Å². The van der Waals surface area contributed by atoms with Gasteiger partial charge in [-0.1, -0.05) is 84.8 Å². The normalized spacial score (nSPS) is 11.1. The molecule has 2 N–H and O–H groups in total. The smallest absolute Gasteiger partial charge is 0.341 e. The standard InChI is InChI=1S/C39H40Cl2N2O4/c1-26-15-16-36-30(19-26)20-27(2)43(36)18-8-6-4-3-5-7-17-42-39(46)31-23-34(28-11-9-13-32(40)21-28)38(47-25-37(44)45)35(24-31)29-12-10-14-33(41)22-29/h9-16,19-24H,3-8,17-18,25H2,1-2H3,(H,42,46)(H,44,45). The highest BCUT2D eigenvalue weighted by Crippen LogP contribution is 2.41. The van der Waals surface area contributed by atoms with Gasteiger partial charge in [0.1, 0.15) is 5.75 Å². The average molecular weight is 672 g/mol. The van der Waals surface area contributed by atoms with Crippen LogP contribution in [0.15, 0.2) is 84.9 Å². The summed E-state index contributed by atoms with van der Waals surface area (Å²) >= 11 is 12.6. The molecule has 1 heterocycles. The highest BCUT2D eigenvalue weighted by molar-refractivity contribution is 6.31. The maximum atomic E-state index is 13.4. The van der Waals surface area contributed by atoms with Crippen molar-refractivity contribution in [2.24, 2.45) is 0 Å². The van der Waals surface area contributed by atoms with Crippen LogP contribution >= 0.6 is 23.2 Å². The second-order valence-electron chi connectivity index (χ2n) is 12.0. The number of ether oxygens (including phenoxy) is 1. The second-order valence-corrected chi connectivity index (χ2v) is 12.9. The minimum Gasteiger partial charge on any atom is -0.481 e. The number of carbonyl (C=O) groups excluding carboxylic acids is 1. The number of fused-ring (bicyclic) bond motifs is 1. The summed E-state index contributed by atoms with van der Waals surface area (Å²) in [7, 11) is 0. The fourth-order valence-corrected chi connectivity index (χ4v) is 6.40. The summed E-state index contributed by atoms with van der Waals surface area (Å²) in [5, 5.41) is 14.8. The van der Waals surface area contributed by atoms with Crippen molar-refractivity contribution in [1.29, 1.82) is 0 Å². The lowest BCUT2D eigenvalue weighted by molar-refractivity contribution is -0.139. The average Bonchev–Trinajstić information content (AvgIpc) is 3.35. The monoisotopic (exact) mass is 670 g/mol. The largest absolute Gasteiger partial charge is 0.481 e. The van der Waals surface area contributed by atoms with E-state index in [4.69, 9.17) is 27.9 Å². The minimum absolute atomic E-state index is 0.217. The molecule has 4 aromatic carbocycles. The number of nitrogens with one attached hydrogen (secondary N) is 1. The number of carbonyl (C=O) groups is 2. The fraction of sp³-hybridized carbons (Fsp3) is 0.282. The van der Waals surface area contributed by atoms with E-state index < -0.39 is 12.6 Å². The first-order valence-corrected chi connectivity index (χ1v) is 16.8. The van der Waals surface area contributed by atoms with Gasteiger partial charge in [0, 0.05) is 56.4 Å². The summed E-state index contributed by atoms with van der Waals surface area (Å²) in [6.45, 7) is 5.36. The SMILES string of the molecule is Cc1ccc2c(c1)cc(C)n2CCCCCCCCNC(=O)c1cc(-c2cccc(Cl)c2)c(OCC(=O)O)c(-c2cccc(Cl)c2)c1. The molecule has 0 atom stereocenters. The Morgan fingerprint density at radius 3 is 2.00 bits per heavy atom. The summed E-state index contributed by atoms with van der Waals surface area (Å²) in [5.74, 6) is -0.991. The molecule has 244 valence electrons. The van der Waals surface area contributed by atoms with Crippen LogP contribution in [0.3, 0.4) is 0 Å². The summed E-state index contributed by atoms with van der Waals surface area (Å²) in [5.41, 5.74) is 6.87. The van der Waals surface area contributed by atoms with Gasteiger partial charge in [0.25, 0.3) is 5.91 Å². The van der Waals surface area contributed by atoms with Crippen LogP contribution < -0.4 is 10.1 Å². The highest BCUT2D eigenvalue weighted by atomic mass is 35.5. The summed E-state index contributed by atoms with van der Waals surface area (Å²) < 4.78 is 8.26. The Kier molecular flexibility index (Phi) is 11.6. The van der Waals surface area contributed by atoms with Gasteiger partial charge >= 0.3 is 5.97 Å². The number of aryl methyl sites for hydroxylation is 3. The van der Waals surface area contributed by atoms with Crippen LogP contribution in [0.1, 0.15) is 60.1 Å². The Hall–Kier alpha value is -4.26. The van der Waals surface area contributed by atoms with Gasteiger partial charge in [0.05, 0.1) is 0 Å². The Bertz CT molecular complexity index is 1810. The van der Waals surface area contributed by atoms with Crippen LogP contribution in [0.4, 0.5) is 0 Å². The molecule has 0 saturated heterocycles. The number of nitrogens with zero attached hydrogens (tertiary/aromatic N) is 1. The van der Waals surface area contributed by atoms with Gasteiger partial charge in [0.15, 0.2) is 6.61 Å². The quantitative estimate of drug-likeness (QED) is 0.109. The van der Waals surface area contributed by atoms with E-state index in [-0.39, 0.29) is 5.91 Å². The van der Waals surface area contributed by atoms with E-state index >= 15 is 0 Å². The minimum atomic E-state index is -1.11. The Balaban J connectivity index is 1.20. The molecule has 8 heteroatoms. The number of aliphatic carboxylic acids is 1. The van der Waals surface area contributed by atoms with Gasteiger partial charge in [-0.2, -0.15) is 0 Å². The summed E-state index contributed by atoms with van der Waals surface area (Å²) in [4.78, 5) is 24.9. The zero-order chi connectivity index (χ0) is 33.3. The number of hydrogen-bond acceptors (Lipinski definition) is 3. The first kappa shape index (κ1) is 34.1. The van der Waals surface area contributed by atoms with Gasteiger partial charge in [0.2, 0.25) is 0 Å². The van der Waals surface area contributed by atoms with E-state index in [0.717, 1.165) is 38.6 Å². The molecular formula is C39H40Cl2N2O4. The number of benzene rings is 4. The van der Waals surface area contributed by atoms with Crippen LogP contribution in [0.2, 0.25) is 10.0 Å². The van der Waals surface area contributed by atoms with Gasteiger partial charge in [-0.25, -0.2) is 4.79 Å². The van der Waals surface area contributed by atoms with Crippen LogP contribution in [0.25, 0.3) is 33.2 Å². The second kappa shape index (κ2) is 16.0. The topological polar surface area (TPSA) is 80.6 Å². The first-order chi connectivity index (χ1) is 22.7. The molecule has 0 spiro atoms. The number of carboxylic acid groups (broad SMARTS) is 1. The third-order valence-electron chi connectivity index (χ3n) is 8.32. The molecule has 0 radical (unpaired) electrons. The van der Waals surface area contributed by atoms with Crippen LogP contribution in [0.5, 0.6) is 5.75 Å². The molecule has 0 aliphatic heterocycles. The lowest BCUT2D eigenvalue weighted by atomic mass is 9.94. The molecule has 0 bridgehead atoms. The zero-order valence-electron chi connectivity index (χ0n) is 26.8. The number of hydrogen-bond donors (Lipinski definition) is 2. The van der Waals surface area contributed by atoms with Crippen molar-refractivity contribution in [2.75, 3.05) is 13.2 Å². The predicted molar refractivity (Wildman–Crippen MR) is 192 cm³/mol. The van der Waals surface area contributed by atoms with E-state index in [1.807, 2.05) is 12.1 Å². The zero-order valence-corrected chi connectivity index (χ0v) is 28.3. The third kappa shape index (κ3) is 8.97. The highest BCUT2D eigenvalue weighted by Gasteiger charge is 2.20. The Morgan fingerprint density at radius 1 is 0.766 bits per heavy atom. The summed E-state index contributed by atoms with van der Waals surface area (Å²) in [6.07, 6.45) is 6.52. The molecule has 1 amide bonds. The van der Waals surface area contributed by atoms with Crippen LogP contribution in [-0.4, -0.2) is 34.7 Å². The molecule has 0 aliphatic rings. The first-order valence-electron chi connectivity index (χ1n) is 16.1. The Morgan fingerprint density at radius 2 is 1.38 bits per heavy atom. The molecule has 6 nitrogen and oxygen atoms in total. The van der Waals surface area contributed by atoms with Crippen molar-refractivity contribution in [3.05, 3.63) is 112 Å². The molecule has 5 rings (SSSR count). The number of amides is 1. The molecule has 0 aliphatic carbocycles. The molecule has 0 unspecified atom stereocenters. The lowest BCUT2D eigenvalue weighted by Gasteiger charge is -2.18. The van der Waals surface area contributed by atoms with E-state index in [9.17, 15) is 14.7 Å². The lowest BCUT2D eigenvalue weighted by Crippen LogP contribution is -2.24. The van der Waals surface area contributed by atoms with Gasteiger partial charge in [-0.05, 0) is 92.4 Å². The number of aromatic nitrogens is 1. The van der Waals surface area contributed by atoms with Crippen molar-refractivity contribution >= 4 is 46.0 Å². The molecular weight excluding hydrogens is 631 g/mol. The van der Waals surface area contributed by atoms with E-state index in [1.54, 1.807) is 48.5 Å². The van der Waals surface area contributed by atoms with E-state index in [1.165, 1.54) is 28.6 Å². The van der Waals surface area contributed by atoms with Gasteiger partial charge in [-0.15, -0.1) is 0 Å². The van der Waals surface area contributed by atoms with Crippen molar-refractivity contribution in [3.8, 4) is 28.0 Å². The fourth-order valence-electron chi connectivity index (χ4n) is 6.02. The van der Waals surface area contributed by atoms with Gasteiger partial charge < -0.3 is 19.7 Å². The van der Waals surface area contributed by atoms with Crippen LogP contribution in [-0.2, 0) is 11.3 Å². The van der Waals surface area contributed by atoms with Gasteiger partial charge in [-0.3, -0.25) is 4.79 Å². The Labute approximate surface area is 286 Å². The molecule has 1 aromatic heterocycles. The van der Waals surface area contributed by atoms with Crippen molar-refractivity contribution < 1.29 is 19.4 Å².